The van der Waals surface area contributed by atoms with Crippen LogP contribution in [-0.4, -0.2) is 25.1 Å². The quantitative estimate of drug-likeness (QED) is 0.862. The molecule has 0 saturated carbocycles. The van der Waals surface area contributed by atoms with Crippen molar-refractivity contribution in [1.29, 1.82) is 0 Å². The van der Waals surface area contributed by atoms with Crippen LogP contribution in [-0.2, 0) is 4.79 Å². The number of ether oxygens (including phenoxy) is 1. The van der Waals surface area contributed by atoms with E-state index in [4.69, 9.17) is 4.74 Å². The van der Waals surface area contributed by atoms with Gasteiger partial charge in [0.15, 0.2) is 0 Å². The van der Waals surface area contributed by atoms with Crippen LogP contribution in [0.1, 0.15) is 26.3 Å². The second-order valence-electron chi connectivity index (χ2n) is 5.33. The Morgan fingerprint density at radius 3 is 2.50 bits per heavy atom. The molecular weight excluding hydrogens is 228 g/mol. The Morgan fingerprint density at radius 2 is 2.00 bits per heavy atom. The lowest BCUT2D eigenvalue weighted by molar-refractivity contribution is -0.120. The van der Waals surface area contributed by atoms with Crippen molar-refractivity contribution in [3.8, 4) is 5.75 Å². The number of hydrogen-bond donors (Lipinski definition) is 2. The van der Waals surface area contributed by atoms with Gasteiger partial charge >= 0.3 is 0 Å². The van der Waals surface area contributed by atoms with Crippen LogP contribution in [0.5, 0.6) is 5.75 Å². The molecule has 0 atom stereocenters. The molecule has 0 spiro atoms. The van der Waals surface area contributed by atoms with E-state index in [1.54, 1.807) is 7.11 Å². The van der Waals surface area contributed by atoms with E-state index in [0.29, 0.717) is 0 Å². The van der Waals surface area contributed by atoms with Gasteiger partial charge in [-0.3, -0.25) is 4.79 Å². The summed E-state index contributed by atoms with van der Waals surface area (Å²) in [5.74, 6) is 0.801. The van der Waals surface area contributed by atoms with Crippen molar-refractivity contribution in [2.24, 2.45) is 0 Å². The number of aryl methyl sites for hydroxylation is 1. The number of hydrogen-bond acceptors (Lipinski definition) is 3. The van der Waals surface area contributed by atoms with Gasteiger partial charge in [-0.05, 0) is 51.5 Å². The van der Waals surface area contributed by atoms with Crippen LogP contribution in [0.3, 0.4) is 0 Å². The molecule has 0 aromatic heterocycles. The predicted octanol–water partition coefficient (Wildman–Crippen LogP) is 2.33. The highest BCUT2D eigenvalue weighted by atomic mass is 16.5. The number of methoxy groups -OCH3 is 1. The molecule has 4 nitrogen and oxygen atoms in total. The van der Waals surface area contributed by atoms with Gasteiger partial charge in [0.2, 0.25) is 5.91 Å². The Balaban J connectivity index is 2.56. The molecule has 1 aromatic rings. The minimum atomic E-state index is -0.201. The Morgan fingerprint density at radius 1 is 1.33 bits per heavy atom. The van der Waals surface area contributed by atoms with E-state index in [1.165, 1.54) is 0 Å². The third-order valence-corrected chi connectivity index (χ3v) is 2.39. The first-order chi connectivity index (χ1) is 8.31. The summed E-state index contributed by atoms with van der Waals surface area (Å²) in [7, 11) is 1.64. The van der Waals surface area contributed by atoms with Crippen molar-refractivity contribution in [1.82, 2.24) is 5.32 Å². The van der Waals surface area contributed by atoms with Gasteiger partial charge < -0.3 is 15.4 Å². The monoisotopic (exact) mass is 250 g/mol. The molecule has 18 heavy (non-hydrogen) atoms. The smallest absolute Gasteiger partial charge is 0.239 e. The molecule has 0 bridgehead atoms. The Kier molecular flexibility index (Phi) is 4.59. The zero-order chi connectivity index (χ0) is 13.8. The lowest BCUT2D eigenvalue weighted by atomic mass is 10.1. The zero-order valence-electron chi connectivity index (χ0n) is 11.8. The Hall–Kier alpha value is -1.71. The first-order valence-corrected chi connectivity index (χ1v) is 6.01. The summed E-state index contributed by atoms with van der Waals surface area (Å²) >= 11 is 0. The van der Waals surface area contributed by atoms with E-state index < -0.39 is 0 Å². The molecule has 0 fully saturated rings. The number of amides is 1. The Bertz CT molecular complexity index is 422. The molecule has 0 unspecified atom stereocenters. The van der Waals surface area contributed by atoms with E-state index in [1.807, 2.05) is 45.9 Å². The molecule has 1 amide bonds. The standard InChI is InChI=1S/C14H22N2O2/c1-10-8-11(18-5)6-7-12(10)15-9-13(17)16-14(2,3)4/h6-8,15H,9H2,1-5H3,(H,16,17). The molecule has 1 aromatic carbocycles. The van der Waals surface area contributed by atoms with E-state index in [-0.39, 0.29) is 18.0 Å². The summed E-state index contributed by atoms with van der Waals surface area (Å²) < 4.78 is 5.13. The van der Waals surface area contributed by atoms with Crippen molar-refractivity contribution in [3.05, 3.63) is 23.8 Å². The molecule has 0 saturated heterocycles. The topological polar surface area (TPSA) is 50.4 Å². The number of nitrogens with one attached hydrogen (secondary N) is 2. The van der Waals surface area contributed by atoms with Gasteiger partial charge in [0.1, 0.15) is 5.75 Å². The molecule has 2 N–H and O–H groups in total. The zero-order valence-corrected chi connectivity index (χ0v) is 11.8. The normalized spacial score (nSPS) is 10.9. The number of rotatable bonds is 4. The lowest BCUT2D eigenvalue weighted by Gasteiger charge is -2.21. The highest BCUT2D eigenvalue weighted by molar-refractivity contribution is 5.81. The van der Waals surface area contributed by atoms with Crippen LogP contribution >= 0.6 is 0 Å². The molecule has 100 valence electrons. The maximum Gasteiger partial charge on any atom is 0.239 e. The second-order valence-corrected chi connectivity index (χ2v) is 5.33. The largest absolute Gasteiger partial charge is 0.497 e. The van der Waals surface area contributed by atoms with Crippen molar-refractivity contribution in [2.45, 2.75) is 33.2 Å². The van der Waals surface area contributed by atoms with Crippen molar-refractivity contribution >= 4 is 11.6 Å². The average Bonchev–Trinajstić information content (AvgIpc) is 2.25. The first-order valence-electron chi connectivity index (χ1n) is 6.01. The van der Waals surface area contributed by atoms with Crippen LogP contribution in [0, 0.1) is 6.92 Å². The summed E-state index contributed by atoms with van der Waals surface area (Å²) in [6.45, 7) is 8.13. The van der Waals surface area contributed by atoms with Crippen LogP contribution in [0.25, 0.3) is 0 Å². The predicted molar refractivity (Wildman–Crippen MR) is 74.1 cm³/mol. The summed E-state index contributed by atoms with van der Waals surface area (Å²) in [5, 5.41) is 6.02. The van der Waals surface area contributed by atoms with Gasteiger partial charge in [-0.25, -0.2) is 0 Å². The van der Waals surface area contributed by atoms with Crippen LogP contribution in [0.4, 0.5) is 5.69 Å². The van der Waals surface area contributed by atoms with Crippen molar-refractivity contribution < 1.29 is 9.53 Å². The molecule has 0 aliphatic carbocycles. The SMILES string of the molecule is COc1ccc(NCC(=O)NC(C)(C)C)c(C)c1. The highest BCUT2D eigenvalue weighted by Gasteiger charge is 2.13. The molecule has 0 heterocycles. The second kappa shape index (κ2) is 5.76. The van der Waals surface area contributed by atoms with E-state index in [9.17, 15) is 4.79 Å². The van der Waals surface area contributed by atoms with Gasteiger partial charge in [-0.2, -0.15) is 0 Å². The maximum atomic E-state index is 11.7. The summed E-state index contributed by atoms with van der Waals surface area (Å²) in [6.07, 6.45) is 0. The summed E-state index contributed by atoms with van der Waals surface area (Å²) in [6, 6.07) is 5.72. The van der Waals surface area contributed by atoms with Gasteiger partial charge in [-0.15, -0.1) is 0 Å². The van der Waals surface area contributed by atoms with Crippen LogP contribution < -0.4 is 15.4 Å². The molecular formula is C14H22N2O2. The maximum absolute atomic E-state index is 11.7. The number of carbonyl (C=O) groups excluding carboxylic acids is 1. The number of carbonyl (C=O) groups is 1. The fourth-order valence-electron chi connectivity index (χ4n) is 1.60. The van der Waals surface area contributed by atoms with Crippen LogP contribution in [0.2, 0.25) is 0 Å². The van der Waals surface area contributed by atoms with E-state index >= 15 is 0 Å². The van der Waals surface area contributed by atoms with Gasteiger partial charge in [0.25, 0.3) is 0 Å². The minimum Gasteiger partial charge on any atom is -0.497 e. The molecule has 4 heteroatoms. The Labute approximate surface area is 109 Å². The third kappa shape index (κ3) is 4.65. The van der Waals surface area contributed by atoms with Gasteiger partial charge in [0, 0.05) is 11.2 Å². The fraction of sp³-hybridized carbons (Fsp3) is 0.500. The van der Waals surface area contributed by atoms with Crippen molar-refractivity contribution in [2.75, 3.05) is 19.0 Å². The fourth-order valence-corrected chi connectivity index (χ4v) is 1.60. The minimum absolute atomic E-state index is 0.0160. The van der Waals surface area contributed by atoms with Gasteiger partial charge in [0.05, 0.1) is 13.7 Å². The van der Waals surface area contributed by atoms with E-state index in [2.05, 4.69) is 10.6 Å². The van der Waals surface area contributed by atoms with Crippen LogP contribution in [0.15, 0.2) is 18.2 Å². The average molecular weight is 250 g/mol. The van der Waals surface area contributed by atoms with E-state index in [0.717, 1.165) is 17.0 Å². The number of anilines is 1. The highest BCUT2D eigenvalue weighted by Crippen LogP contribution is 2.20. The summed E-state index contributed by atoms with van der Waals surface area (Å²) in [4.78, 5) is 11.7. The molecule has 0 aliphatic heterocycles. The molecule has 1 rings (SSSR count). The van der Waals surface area contributed by atoms with Gasteiger partial charge in [-0.1, -0.05) is 0 Å². The summed E-state index contributed by atoms with van der Waals surface area (Å²) in [5.41, 5.74) is 1.80. The lowest BCUT2D eigenvalue weighted by Crippen LogP contribution is -2.43. The molecule has 0 aliphatic rings. The van der Waals surface area contributed by atoms with Crippen molar-refractivity contribution in [3.63, 3.8) is 0 Å². The molecule has 0 radical (unpaired) electrons. The first kappa shape index (κ1) is 14.4. The number of benzene rings is 1. The third-order valence-electron chi connectivity index (χ3n) is 2.39.